The summed E-state index contributed by atoms with van der Waals surface area (Å²) in [7, 11) is 0. The molecule has 0 unspecified atom stereocenters. The van der Waals surface area contributed by atoms with Gasteiger partial charge in [-0.1, -0.05) is 58.6 Å². The van der Waals surface area contributed by atoms with Crippen LogP contribution >= 0.6 is 23.2 Å². The van der Waals surface area contributed by atoms with Gasteiger partial charge in [0.15, 0.2) is 27.8 Å². The molecular formula is C22H18Cl2F2N6. The number of aryl methyl sites for hydroxylation is 2. The predicted octanol–water partition coefficient (Wildman–Crippen LogP) is 6.64. The van der Waals surface area contributed by atoms with E-state index >= 15 is 0 Å². The lowest BCUT2D eigenvalue weighted by molar-refractivity contribution is 0.614. The SMILES string of the molecule is Cc1ccc(Nc2ncc(F)c(Nc3ccc(C)cc3)n2)cc1.Fc1c(Cl)ncnc1Cl. The summed E-state index contributed by atoms with van der Waals surface area (Å²) in [4.78, 5) is 14.8. The summed E-state index contributed by atoms with van der Waals surface area (Å²) in [6, 6.07) is 15.5. The van der Waals surface area contributed by atoms with Crippen LogP contribution < -0.4 is 10.6 Å². The summed E-state index contributed by atoms with van der Waals surface area (Å²) in [5.74, 6) is -0.802. The first-order valence-electron chi connectivity index (χ1n) is 9.33. The molecule has 32 heavy (non-hydrogen) atoms. The van der Waals surface area contributed by atoms with E-state index in [9.17, 15) is 8.78 Å². The van der Waals surface area contributed by atoms with E-state index in [1.54, 1.807) is 0 Å². The summed E-state index contributed by atoms with van der Waals surface area (Å²) in [5, 5.41) is 5.52. The molecule has 2 heterocycles. The van der Waals surface area contributed by atoms with Crippen LogP contribution in [0.3, 0.4) is 0 Å². The highest BCUT2D eigenvalue weighted by Gasteiger charge is 2.08. The normalized spacial score (nSPS) is 10.2. The molecule has 4 aromatic rings. The van der Waals surface area contributed by atoms with Crippen LogP contribution in [0.15, 0.2) is 61.1 Å². The van der Waals surface area contributed by atoms with E-state index in [0.29, 0.717) is 5.95 Å². The third kappa shape index (κ3) is 6.57. The van der Waals surface area contributed by atoms with Gasteiger partial charge in [-0.3, -0.25) is 0 Å². The van der Waals surface area contributed by atoms with Gasteiger partial charge >= 0.3 is 0 Å². The lowest BCUT2D eigenvalue weighted by Crippen LogP contribution is -2.03. The van der Waals surface area contributed by atoms with Crippen LogP contribution in [0.5, 0.6) is 0 Å². The molecule has 0 bridgehead atoms. The van der Waals surface area contributed by atoms with Crippen molar-refractivity contribution >= 4 is 46.3 Å². The minimum atomic E-state index is -0.777. The van der Waals surface area contributed by atoms with E-state index in [0.717, 1.165) is 35.0 Å². The second-order valence-corrected chi connectivity index (χ2v) is 7.36. The van der Waals surface area contributed by atoms with Gasteiger partial charge in [0, 0.05) is 11.4 Å². The van der Waals surface area contributed by atoms with Crippen molar-refractivity contribution in [2.75, 3.05) is 10.6 Å². The third-order valence-electron chi connectivity index (χ3n) is 4.07. The van der Waals surface area contributed by atoms with Gasteiger partial charge in [0.1, 0.15) is 6.33 Å². The fraction of sp³-hybridized carbons (Fsp3) is 0.0909. The smallest absolute Gasteiger partial charge is 0.229 e. The molecule has 10 heteroatoms. The average molecular weight is 475 g/mol. The molecular weight excluding hydrogens is 457 g/mol. The maximum Gasteiger partial charge on any atom is 0.229 e. The largest absolute Gasteiger partial charge is 0.338 e. The van der Waals surface area contributed by atoms with Crippen LogP contribution in [0.1, 0.15) is 11.1 Å². The summed E-state index contributed by atoms with van der Waals surface area (Å²) in [5.41, 5.74) is 3.93. The highest BCUT2D eigenvalue weighted by atomic mass is 35.5. The Bertz CT molecular complexity index is 1170. The average Bonchev–Trinajstić information content (AvgIpc) is 2.78. The Morgan fingerprint density at radius 1 is 0.719 bits per heavy atom. The molecule has 0 saturated carbocycles. The molecule has 0 spiro atoms. The highest BCUT2D eigenvalue weighted by molar-refractivity contribution is 6.33. The van der Waals surface area contributed by atoms with E-state index in [-0.39, 0.29) is 16.1 Å². The van der Waals surface area contributed by atoms with Gasteiger partial charge in [0.2, 0.25) is 5.95 Å². The Balaban J connectivity index is 0.000000269. The number of anilines is 4. The van der Waals surface area contributed by atoms with Gasteiger partial charge in [0.05, 0.1) is 6.20 Å². The molecule has 0 atom stereocenters. The second-order valence-electron chi connectivity index (χ2n) is 6.64. The van der Waals surface area contributed by atoms with E-state index in [2.05, 4.69) is 30.6 Å². The standard InChI is InChI=1S/C18H17FN4.C4HCl2FN2/c1-12-3-7-14(8-4-12)21-17-16(19)11-20-18(23-17)22-15-9-5-13(2)6-10-15;5-3-2(7)4(6)9-1-8-3/h3-11H,1-2H3,(H2,20,21,22,23);1H. The Kier molecular flexibility index (Phi) is 7.86. The molecule has 0 aliphatic rings. The van der Waals surface area contributed by atoms with Crippen LogP contribution in [-0.4, -0.2) is 19.9 Å². The van der Waals surface area contributed by atoms with Crippen LogP contribution in [0.4, 0.5) is 31.9 Å². The predicted molar refractivity (Wildman–Crippen MR) is 123 cm³/mol. The Morgan fingerprint density at radius 3 is 1.72 bits per heavy atom. The van der Waals surface area contributed by atoms with Gasteiger partial charge < -0.3 is 10.6 Å². The van der Waals surface area contributed by atoms with Crippen molar-refractivity contribution in [3.05, 3.63) is 94.1 Å². The number of rotatable bonds is 4. The van der Waals surface area contributed by atoms with Gasteiger partial charge in [0.25, 0.3) is 0 Å². The number of aromatic nitrogens is 4. The molecule has 0 amide bonds. The van der Waals surface area contributed by atoms with E-state index in [1.807, 2.05) is 62.4 Å². The number of hydrogen-bond donors (Lipinski definition) is 2. The van der Waals surface area contributed by atoms with Crippen molar-refractivity contribution in [2.45, 2.75) is 13.8 Å². The van der Waals surface area contributed by atoms with Crippen molar-refractivity contribution < 1.29 is 8.78 Å². The van der Waals surface area contributed by atoms with E-state index in [1.165, 1.54) is 0 Å². The lowest BCUT2D eigenvalue weighted by Gasteiger charge is -2.10. The summed E-state index contributed by atoms with van der Waals surface area (Å²) >= 11 is 10.4. The molecule has 164 valence electrons. The van der Waals surface area contributed by atoms with Crippen LogP contribution in [0, 0.1) is 25.5 Å². The molecule has 2 N–H and O–H groups in total. The van der Waals surface area contributed by atoms with Crippen LogP contribution in [-0.2, 0) is 0 Å². The van der Waals surface area contributed by atoms with E-state index in [4.69, 9.17) is 23.2 Å². The number of halogens is 4. The van der Waals surface area contributed by atoms with Crippen LogP contribution in [0.25, 0.3) is 0 Å². The zero-order chi connectivity index (χ0) is 23.1. The monoisotopic (exact) mass is 474 g/mol. The van der Waals surface area contributed by atoms with E-state index < -0.39 is 11.6 Å². The minimum absolute atomic E-state index is 0.137. The molecule has 6 nitrogen and oxygen atoms in total. The Hall–Kier alpha value is -3.36. The van der Waals surface area contributed by atoms with Gasteiger partial charge in [-0.05, 0) is 38.1 Å². The zero-order valence-corrected chi connectivity index (χ0v) is 18.6. The molecule has 0 saturated heterocycles. The molecule has 2 aromatic heterocycles. The number of hydrogen-bond acceptors (Lipinski definition) is 6. The molecule has 2 aromatic carbocycles. The molecule has 0 aliphatic heterocycles. The first kappa shape index (κ1) is 23.3. The van der Waals surface area contributed by atoms with Gasteiger partial charge in [-0.2, -0.15) is 4.98 Å². The Labute approximate surface area is 193 Å². The zero-order valence-electron chi connectivity index (χ0n) is 17.1. The number of benzene rings is 2. The number of nitrogens with one attached hydrogen (secondary N) is 2. The van der Waals surface area contributed by atoms with Crippen molar-refractivity contribution in [2.24, 2.45) is 0 Å². The highest BCUT2D eigenvalue weighted by Crippen LogP contribution is 2.21. The van der Waals surface area contributed by atoms with Crippen molar-refractivity contribution in [3.63, 3.8) is 0 Å². The maximum absolute atomic E-state index is 13.9. The first-order valence-corrected chi connectivity index (χ1v) is 10.1. The molecule has 4 rings (SSSR count). The lowest BCUT2D eigenvalue weighted by atomic mass is 10.2. The van der Waals surface area contributed by atoms with Crippen LogP contribution in [0.2, 0.25) is 10.3 Å². The van der Waals surface area contributed by atoms with Crippen molar-refractivity contribution in [1.29, 1.82) is 0 Å². The molecule has 0 aliphatic carbocycles. The first-order chi connectivity index (χ1) is 15.3. The molecule has 0 radical (unpaired) electrons. The summed E-state index contributed by atoms with van der Waals surface area (Å²) < 4.78 is 26.3. The number of nitrogens with zero attached hydrogens (tertiary/aromatic N) is 4. The maximum atomic E-state index is 13.9. The quantitative estimate of drug-likeness (QED) is 0.322. The van der Waals surface area contributed by atoms with Gasteiger partial charge in [-0.15, -0.1) is 0 Å². The van der Waals surface area contributed by atoms with Gasteiger partial charge in [-0.25, -0.2) is 23.7 Å². The summed E-state index contributed by atoms with van der Waals surface area (Å²) in [6.45, 7) is 4.01. The Morgan fingerprint density at radius 2 is 1.22 bits per heavy atom. The molecule has 0 fully saturated rings. The fourth-order valence-electron chi connectivity index (χ4n) is 2.38. The van der Waals surface area contributed by atoms with Crippen molar-refractivity contribution in [3.8, 4) is 0 Å². The third-order valence-corrected chi connectivity index (χ3v) is 4.60. The minimum Gasteiger partial charge on any atom is -0.338 e. The topological polar surface area (TPSA) is 75.6 Å². The van der Waals surface area contributed by atoms with Crippen molar-refractivity contribution in [1.82, 2.24) is 19.9 Å². The fourth-order valence-corrected chi connectivity index (χ4v) is 2.70. The second kappa shape index (κ2) is 10.8. The summed E-state index contributed by atoms with van der Waals surface area (Å²) in [6.07, 6.45) is 2.24.